The van der Waals surface area contributed by atoms with Crippen molar-refractivity contribution in [2.75, 3.05) is 13.1 Å². The first-order chi connectivity index (χ1) is 15.9. The van der Waals surface area contributed by atoms with Crippen LogP contribution in [0.5, 0.6) is 0 Å². The molecule has 1 aliphatic carbocycles. The first-order valence-corrected chi connectivity index (χ1v) is 11.9. The number of nitriles is 1. The lowest BCUT2D eigenvalue weighted by atomic mass is 10.1. The van der Waals surface area contributed by atoms with Crippen molar-refractivity contribution in [1.29, 1.82) is 5.26 Å². The number of hydrogen-bond acceptors (Lipinski definition) is 5. The van der Waals surface area contributed by atoms with E-state index < -0.39 is 0 Å². The number of thiazole rings is 1. The van der Waals surface area contributed by atoms with Crippen LogP contribution < -0.4 is 5.32 Å². The zero-order valence-corrected chi connectivity index (χ0v) is 19.4. The van der Waals surface area contributed by atoms with Gasteiger partial charge in [-0.3, -0.25) is 9.59 Å². The van der Waals surface area contributed by atoms with Crippen LogP contribution in [-0.4, -0.2) is 40.8 Å². The van der Waals surface area contributed by atoms with Crippen LogP contribution in [0.25, 0.3) is 10.4 Å². The van der Waals surface area contributed by atoms with Gasteiger partial charge in [0, 0.05) is 18.7 Å². The minimum Gasteiger partial charge on any atom is -0.350 e. The number of carbonyl (C=O) groups is 2. The number of nitrogens with one attached hydrogen (secondary N) is 1. The van der Waals surface area contributed by atoms with E-state index in [2.05, 4.69) is 22.4 Å². The molecule has 3 atom stereocenters. The zero-order chi connectivity index (χ0) is 23.1. The molecule has 3 aromatic rings. The van der Waals surface area contributed by atoms with Crippen molar-refractivity contribution < 1.29 is 9.59 Å². The molecule has 5 rings (SSSR count). The summed E-state index contributed by atoms with van der Waals surface area (Å²) in [7, 11) is 0. The van der Waals surface area contributed by atoms with E-state index in [0.29, 0.717) is 41.7 Å². The quantitative estimate of drug-likeness (QED) is 0.624. The molecule has 1 aliphatic heterocycles. The fourth-order valence-electron chi connectivity index (χ4n) is 4.79. The Labute approximate surface area is 196 Å². The third-order valence-corrected chi connectivity index (χ3v) is 7.53. The van der Waals surface area contributed by atoms with E-state index in [0.717, 1.165) is 27.4 Å². The highest BCUT2D eigenvalue weighted by Crippen LogP contribution is 2.50. The monoisotopic (exact) mass is 456 g/mol. The van der Waals surface area contributed by atoms with E-state index in [1.807, 2.05) is 36.9 Å². The molecule has 0 bridgehead atoms. The van der Waals surface area contributed by atoms with Gasteiger partial charge in [0.2, 0.25) is 0 Å². The maximum atomic E-state index is 13.6. The van der Waals surface area contributed by atoms with E-state index in [4.69, 9.17) is 5.26 Å². The van der Waals surface area contributed by atoms with Gasteiger partial charge in [-0.05, 0) is 55.9 Å². The van der Waals surface area contributed by atoms with E-state index in [1.54, 1.807) is 35.6 Å². The molecule has 1 N–H and O–H groups in total. The van der Waals surface area contributed by atoms with Gasteiger partial charge in [0.05, 0.1) is 27.6 Å². The molecule has 1 saturated heterocycles. The van der Waals surface area contributed by atoms with Crippen molar-refractivity contribution >= 4 is 23.2 Å². The average molecular weight is 457 g/mol. The smallest absolute Gasteiger partial charge is 0.274 e. The number of carbonyl (C=O) groups excluding carboxylic acids is 2. The summed E-state index contributed by atoms with van der Waals surface area (Å²) in [6.45, 7) is 5.07. The van der Waals surface area contributed by atoms with E-state index in [9.17, 15) is 9.59 Å². The standard InChI is InChI=1S/C26H24N4O2S/c1-15-5-3-7-18(9-15)24-23(29-16(2)33-24)26(32)30-14-20-11-21(20)22(30)13-28-25(31)19-8-4-6-17(10-19)12-27/h3-10,20-22H,11,13-14H2,1-2H3,(H,28,31)/t20-,21-,22+/m0/s1. The number of piperidine rings is 1. The van der Waals surface area contributed by atoms with Gasteiger partial charge in [0.25, 0.3) is 11.8 Å². The summed E-state index contributed by atoms with van der Waals surface area (Å²) in [5.74, 6) is 0.629. The maximum Gasteiger partial charge on any atom is 0.274 e. The first-order valence-electron chi connectivity index (χ1n) is 11.1. The van der Waals surface area contributed by atoms with Gasteiger partial charge in [0.1, 0.15) is 5.69 Å². The molecule has 7 heteroatoms. The number of hydrogen-bond donors (Lipinski definition) is 1. The van der Waals surface area contributed by atoms with Crippen LogP contribution in [-0.2, 0) is 0 Å². The van der Waals surface area contributed by atoms with E-state index >= 15 is 0 Å². The summed E-state index contributed by atoms with van der Waals surface area (Å²) < 4.78 is 0. The maximum absolute atomic E-state index is 13.6. The van der Waals surface area contributed by atoms with Gasteiger partial charge >= 0.3 is 0 Å². The van der Waals surface area contributed by atoms with Crippen molar-refractivity contribution in [2.45, 2.75) is 26.3 Å². The van der Waals surface area contributed by atoms with Crippen LogP contribution in [0.3, 0.4) is 0 Å². The summed E-state index contributed by atoms with van der Waals surface area (Å²) in [6.07, 6.45) is 1.09. The Morgan fingerprint density at radius 3 is 2.82 bits per heavy atom. The lowest BCUT2D eigenvalue weighted by Crippen LogP contribution is -2.45. The number of nitrogens with zero attached hydrogens (tertiary/aromatic N) is 3. The van der Waals surface area contributed by atoms with Crippen LogP contribution in [0.2, 0.25) is 0 Å². The summed E-state index contributed by atoms with van der Waals surface area (Å²) in [5.41, 5.74) is 3.55. The Morgan fingerprint density at radius 1 is 1.21 bits per heavy atom. The first kappa shape index (κ1) is 21.4. The van der Waals surface area contributed by atoms with Gasteiger partial charge in [0.15, 0.2) is 0 Å². The second-order valence-corrected chi connectivity index (χ2v) is 10.1. The van der Waals surface area contributed by atoms with Crippen LogP contribution in [0.4, 0.5) is 0 Å². The molecule has 1 saturated carbocycles. The highest BCUT2D eigenvalue weighted by molar-refractivity contribution is 7.15. The van der Waals surface area contributed by atoms with Crippen LogP contribution in [0.15, 0.2) is 48.5 Å². The highest BCUT2D eigenvalue weighted by atomic mass is 32.1. The fourth-order valence-corrected chi connectivity index (χ4v) is 5.69. The second kappa shape index (κ2) is 8.45. The van der Waals surface area contributed by atoms with Gasteiger partial charge in [-0.1, -0.05) is 35.9 Å². The predicted octanol–water partition coefficient (Wildman–Crippen LogP) is 4.19. The number of fused-ring (bicyclic) bond motifs is 1. The molecule has 2 aromatic carbocycles. The molecule has 2 aliphatic rings. The molecule has 6 nitrogen and oxygen atoms in total. The molecule has 1 aromatic heterocycles. The third kappa shape index (κ3) is 4.14. The molecule has 2 fully saturated rings. The molecule has 0 spiro atoms. The highest BCUT2D eigenvalue weighted by Gasteiger charge is 2.54. The second-order valence-electron chi connectivity index (χ2n) is 8.87. The Morgan fingerprint density at radius 2 is 2.03 bits per heavy atom. The number of aromatic nitrogens is 1. The Balaban J connectivity index is 1.35. The minimum absolute atomic E-state index is 0.0436. The summed E-state index contributed by atoms with van der Waals surface area (Å²) in [6, 6.07) is 16.8. The SMILES string of the molecule is Cc1cccc(-c2sc(C)nc2C(=O)N2C[C@@H]3C[C@@H]3[C@H]2CNC(=O)c2cccc(C#N)c2)c1. The molecular formula is C26H24N4O2S. The Bertz CT molecular complexity index is 1290. The van der Waals surface area contributed by atoms with E-state index in [1.165, 1.54) is 0 Å². The normalized spacial score (nSPS) is 20.8. The van der Waals surface area contributed by atoms with Crippen molar-refractivity contribution in [3.63, 3.8) is 0 Å². The zero-order valence-electron chi connectivity index (χ0n) is 18.5. The number of rotatable bonds is 5. The molecule has 0 unspecified atom stereocenters. The minimum atomic E-state index is -0.228. The summed E-state index contributed by atoms with van der Waals surface area (Å²) in [4.78, 5) is 33.7. The van der Waals surface area contributed by atoms with Crippen LogP contribution in [0.1, 0.15) is 43.4 Å². The number of benzene rings is 2. The predicted molar refractivity (Wildman–Crippen MR) is 127 cm³/mol. The summed E-state index contributed by atoms with van der Waals surface area (Å²) in [5, 5.41) is 12.9. The molecule has 0 radical (unpaired) electrons. The average Bonchev–Trinajstić information content (AvgIpc) is 3.33. The van der Waals surface area contributed by atoms with Crippen molar-refractivity contribution in [2.24, 2.45) is 11.8 Å². The van der Waals surface area contributed by atoms with Crippen molar-refractivity contribution in [3.05, 3.63) is 75.9 Å². The lowest BCUT2D eigenvalue weighted by molar-refractivity contribution is 0.0690. The van der Waals surface area contributed by atoms with Gasteiger partial charge < -0.3 is 10.2 Å². The van der Waals surface area contributed by atoms with Gasteiger partial charge in [-0.15, -0.1) is 11.3 Å². The molecule has 2 amide bonds. The fraction of sp³-hybridized carbons (Fsp3) is 0.308. The lowest BCUT2D eigenvalue weighted by Gasteiger charge is -2.27. The number of aryl methyl sites for hydroxylation is 2. The Hall–Kier alpha value is -3.50. The third-order valence-electron chi connectivity index (χ3n) is 6.51. The number of amides is 2. The molecule has 33 heavy (non-hydrogen) atoms. The van der Waals surface area contributed by atoms with Crippen LogP contribution in [0, 0.1) is 37.0 Å². The summed E-state index contributed by atoms with van der Waals surface area (Å²) >= 11 is 1.54. The topological polar surface area (TPSA) is 86.1 Å². The molecule has 2 heterocycles. The van der Waals surface area contributed by atoms with Crippen molar-refractivity contribution in [3.8, 4) is 16.5 Å². The van der Waals surface area contributed by atoms with Gasteiger partial charge in [-0.2, -0.15) is 5.26 Å². The van der Waals surface area contributed by atoms with Crippen LogP contribution >= 0.6 is 11.3 Å². The van der Waals surface area contributed by atoms with E-state index in [-0.39, 0.29) is 17.9 Å². The van der Waals surface area contributed by atoms with Crippen molar-refractivity contribution in [1.82, 2.24) is 15.2 Å². The molecule has 166 valence electrons. The molecular weight excluding hydrogens is 432 g/mol. The largest absolute Gasteiger partial charge is 0.350 e. The number of likely N-dealkylation sites (tertiary alicyclic amines) is 1. The van der Waals surface area contributed by atoms with Gasteiger partial charge in [-0.25, -0.2) is 4.98 Å². The Kier molecular flexibility index (Phi) is 5.47.